The van der Waals surface area contributed by atoms with Gasteiger partial charge in [-0.2, -0.15) is 4.57 Å². The minimum atomic E-state index is 0. The van der Waals surface area contributed by atoms with Crippen LogP contribution in [-0.4, -0.2) is 29.3 Å². The first-order chi connectivity index (χ1) is 58.1. The van der Waals surface area contributed by atoms with Gasteiger partial charge in [0.1, 0.15) is 0 Å². The first-order valence-electron chi connectivity index (χ1n) is 40.9. The molecule has 0 bridgehead atoms. The minimum Gasteiger partial charge on any atom is -0.333 e. The second-order valence-electron chi connectivity index (χ2n) is 31.8. The molecule has 7 aromatic heterocycles. The molecule has 0 N–H and O–H groups in total. The molecule has 0 atom stereocenters. The molecule has 0 spiro atoms. The molecular weight excluding hydrogens is 2020 g/mol. The zero-order chi connectivity index (χ0) is 82.0. The quantitative estimate of drug-likeness (QED) is 0.0733. The minimum absolute atomic E-state index is 0. The van der Waals surface area contributed by atoms with Crippen molar-refractivity contribution in [2.24, 2.45) is 11.3 Å². The molecule has 1 aliphatic heterocycles. The number of aryl methyl sites for hydroxylation is 4. The summed E-state index contributed by atoms with van der Waals surface area (Å²) in [4.78, 5) is 22.2. The number of pyridine rings is 6. The van der Waals surface area contributed by atoms with Gasteiger partial charge < -0.3 is 19.4 Å². The normalized spacial score (nSPS) is 10.9. The zero-order valence-electron chi connectivity index (χ0n) is 70.1. The summed E-state index contributed by atoms with van der Waals surface area (Å²) in [7, 11) is 0. The van der Waals surface area contributed by atoms with Crippen molar-refractivity contribution in [2.45, 2.75) is 81.7 Å². The summed E-state index contributed by atoms with van der Waals surface area (Å²) in [5.74, 6) is 0.693. The fourth-order valence-electron chi connectivity index (χ4n) is 15.7. The van der Waals surface area contributed by atoms with Crippen LogP contribution in [0.5, 0.6) is 0 Å². The van der Waals surface area contributed by atoms with Gasteiger partial charge in [0.15, 0.2) is 6.54 Å². The van der Waals surface area contributed by atoms with Crippen molar-refractivity contribution < 1.29 is 64.9 Å². The van der Waals surface area contributed by atoms with Crippen molar-refractivity contribution in [2.75, 3.05) is 0 Å². The fraction of sp³-hybridized carbons (Fsp3) is 0.125. The molecule has 0 saturated carbocycles. The Bertz CT molecular complexity index is 6320. The summed E-state index contributed by atoms with van der Waals surface area (Å²) in [6, 6.07) is 132. The van der Waals surface area contributed by atoms with Gasteiger partial charge in [-0.15, -0.1) is 136 Å². The van der Waals surface area contributed by atoms with E-state index < -0.39 is 0 Å². The van der Waals surface area contributed by atoms with Crippen LogP contribution in [0.2, 0.25) is 0 Å². The SMILES string of the molecule is CC(C)Cc1ccc(-c2cccc(-c3ccccn3)c2)cc1.Cc1cc(C)c2c(c1)-c1ccc3ccccc3[n+]1C2.Cc1cccc(C)c1-c1cnc2c3[c-]cccc3c3cc(CC(C)(C)C)ccc3n12.[Ir].[Ir].[Ir].[c-]1ccc(-c2ccccc2)cc1-c1ccccn1.[c-]1ccc(-c2ccccc2)cc1-c1ccccn1.[c-]1ccccc1-c1ccccn1. The summed E-state index contributed by atoms with van der Waals surface area (Å²) in [6.45, 7) is 21.1. The average molecular weight is 2120 g/mol. The van der Waals surface area contributed by atoms with Crippen LogP contribution in [-0.2, 0) is 79.7 Å². The van der Waals surface area contributed by atoms with Gasteiger partial charge in [-0.3, -0.25) is 9.97 Å². The van der Waals surface area contributed by atoms with Gasteiger partial charge in [0.2, 0.25) is 11.2 Å². The zero-order valence-corrected chi connectivity index (χ0v) is 77.3. The second-order valence-corrected chi connectivity index (χ2v) is 31.8. The van der Waals surface area contributed by atoms with Crippen LogP contribution in [0.1, 0.15) is 73.6 Å². The number of hydrogen-bond acceptors (Lipinski definition) is 5. The van der Waals surface area contributed by atoms with Crippen LogP contribution in [0.3, 0.4) is 0 Å². The number of imidazole rings is 1. The number of para-hydroxylation sites is 1. The molecule has 1 aliphatic rings. The summed E-state index contributed by atoms with van der Waals surface area (Å²) in [5.41, 5.74) is 33.9. The average Bonchev–Trinajstić information content (AvgIpc) is 1.51. The van der Waals surface area contributed by atoms with Crippen LogP contribution in [0.25, 0.3) is 139 Å². The molecule has 20 rings (SSSR count). The summed E-state index contributed by atoms with van der Waals surface area (Å²) < 4.78 is 4.76. The third kappa shape index (κ3) is 22.1. The monoisotopic (exact) mass is 2120 g/mol. The van der Waals surface area contributed by atoms with E-state index in [2.05, 4.69) is 310 Å². The van der Waals surface area contributed by atoms with E-state index in [1.165, 1.54) is 116 Å². The van der Waals surface area contributed by atoms with E-state index >= 15 is 0 Å². The largest absolute Gasteiger partial charge is 0.333 e. The maximum atomic E-state index is 4.87. The molecule has 12 aromatic carbocycles. The number of nitrogens with zero attached hydrogens (tertiary/aromatic N) is 7. The molecule has 0 fully saturated rings. The fourth-order valence-corrected chi connectivity index (χ4v) is 15.7. The third-order valence-corrected chi connectivity index (χ3v) is 21.2. The van der Waals surface area contributed by atoms with Crippen molar-refractivity contribution >= 4 is 38.2 Å². The Labute approximate surface area is 759 Å². The Kier molecular flexibility index (Phi) is 30.9. The van der Waals surface area contributed by atoms with Crippen molar-refractivity contribution in [3.8, 4) is 101 Å². The Hall–Kier alpha value is -12.2. The molecule has 0 aliphatic carbocycles. The maximum absolute atomic E-state index is 4.87. The maximum Gasteiger partial charge on any atom is 0.213 e. The van der Waals surface area contributed by atoms with Crippen LogP contribution in [0.15, 0.2) is 377 Å². The van der Waals surface area contributed by atoms with Crippen LogP contribution in [0.4, 0.5) is 0 Å². The van der Waals surface area contributed by atoms with Gasteiger partial charge in [-0.1, -0.05) is 234 Å². The summed E-state index contributed by atoms with van der Waals surface area (Å²) >= 11 is 0. The second kappa shape index (κ2) is 42.3. The standard InChI is InChI=1S/C28H27N2.C21H21N.C18H16N.2C17H12N.C11H8N.3Ir/c1-18-9-8-10-19(2)26(18)25-17-29-27-22-12-7-6-11-21(22)23-15-20(16-28(3,4)5)13-14-24(23)30(25)27;1-16(2)14-17-9-11-18(12-10-17)19-6-5-7-20(15-19)21-8-3-4-13-22-21;1-12-9-13(2)16-11-19-17-6-4-3-5-14(17)7-8-18(19)15(16)10-12;2*1-2-7-14(8-3-1)15-9-6-10-16(13-15)17-11-4-5-12-18-17;1-2-6-10(7-3-1)11-8-4-5-9-12-11;;;/h6-11,13-15,17H,16H2,1-5H3;3-13,15-16H,14H2,1-2H3;3-10H,11H2,1-2H3;2*1-9,11-13H;1-6,8-9H;;;/q-1;;+1;3*-1;;;. The first-order valence-corrected chi connectivity index (χ1v) is 40.9. The number of benzene rings is 12. The molecular formula is C112H96Ir3N7-3. The van der Waals surface area contributed by atoms with E-state index in [1.807, 2.05) is 164 Å². The molecule has 609 valence electrons. The van der Waals surface area contributed by atoms with Crippen molar-refractivity contribution in [3.05, 3.63) is 440 Å². The number of aromatic nitrogens is 7. The molecule has 3 radical (unpaired) electrons. The molecule has 0 unspecified atom stereocenters. The Balaban J connectivity index is 0.000000136. The molecule has 0 amide bonds. The molecule has 0 saturated heterocycles. The van der Waals surface area contributed by atoms with Crippen LogP contribution < -0.4 is 4.57 Å². The van der Waals surface area contributed by atoms with E-state index in [0.29, 0.717) is 5.92 Å². The molecule has 7 nitrogen and oxygen atoms in total. The van der Waals surface area contributed by atoms with E-state index in [9.17, 15) is 0 Å². The smallest absolute Gasteiger partial charge is 0.213 e. The predicted octanol–water partition coefficient (Wildman–Crippen LogP) is 27.7. The van der Waals surface area contributed by atoms with Gasteiger partial charge in [0.25, 0.3) is 0 Å². The van der Waals surface area contributed by atoms with E-state index in [0.717, 1.165) is 81.1 Å². The van der Waals surface area contributed by atoms with Crippen molar-refractivity contribution in [1.82, 2.24) is 29.3 Å². The van der Waals surface area contributed by atoms with Gasteiger partial charge >= 0.3 is 0 Å². The predicted molar refractivity (Wildman–Crippen MR) is 495 cm³/mol. The van der Waals surface area contributed by atoms with Crippen molar-refractivity contribution in [1.29, 1.82) is 0 Å². The molecule has 122 heavy (non-hydrogen) atoms. The van der Waals surface area contributed by atoms with Gasteiger partial charge in [0, 0.05) is 131 Å². The Morgan fingerprint density at radius 3 is 1.48 bits per heavy atom. The Morgan fingerprint density at radius 2 is 0.902 bits per heavy atom. The van der Waals surface area contributed by atoms with E-state index in [1.54, 1.807) is 18.6 Å². The van der Waals surface area contributed by atoms with Crippen molar-refractivity contribution in [3.63, 3.8) is 0 Å². The topological polar surface area (TPSA) is 72.7 Å². The first kappa shape index (κ1) is 89.1. The number of rotatable bonds is 11. The third-order valence-electron chi connectivity index (χ3n) is 21.2. The summed E-state index contributed by atoms with van der Waals surface area (Å²) in [6.07, 6.45) is 11.4. The molecule has 19 aromatic rings. The van der Waals surface area contributed by atoms with Crippen LogP contribution in [0, 0.1) is 63.3 Å². The summed E-state index contributed by atoms with van der Waals surface area (Å²) in [5, 5.41) is 4.87. The Morgan fingerprint density at radius 1 is 0.385 bits per heavy atom. The number of hydrogen-bond donors (Lipinski definition) is 0. The molecule has 10 heteroatoms. The van der Waals surface area contributed by atoms with Gasteiger partial charge in [0.05, 0.1) is 22.6 Å². The van der Waals surface area contributed by atoms with E-state index in [-0.39, 0.29) is 65.7 Å². The van der Waals surface area contributed by atoms with E-state index in [4.69, 9.17) is 4.98 Å². The van der Waals surface area contributed by atoms with Crippen LogP contribution >= 0.6 is 0 Å². The number of fused-ring (bicyclic) bond motifs is 11. The molecule has 8 heterocycles. The van der Waals surface area contributed by atoms with Gasteiger partial charge in [-0.05, 0) is 191 Å². The van der Waals surface area contributed by atoms with Gasteiger partial charge in [-0.25, -0.2) is 0 Å².